The van der Waals surface area contributed by atoms with Crippen LogP contribution in [0.25, 0.3) is 0 Å². The van der Waals surface area contributed by atoms with Gasteiger partial charge in [0, 0.05) is 24.0 Å². The Labute approximate surface area is 108 Å². The van der Waals surface area contributed by atoms with Crippen LogP contribution < -0.4 is 10.5 Å². The Kier molecular flexibility index (Phi) is 4.05. The minimum absolute atomic E-state index is 0.201. The molecule has 0 spiro atoms. The number of methoxy groups -OCH3 is 1. The van der Waals surface area contributed by atoms with E-state index in [9.17, 15) is 0 Å². The highest BCUT2D eigenvalue weighted by atomic mass is 16.5. The highest BCUT2D eigenvalue weighted by molar-refractivity contribution is 5.33. The molecule has 0 bridgehead atoms. The molecule has 1 heterocycles. The number of aromatic nitrogens is 1. The van der Waals surface area contributed by atoms with Crippen molar-refractivity contribution in [3.8, 4) is 5.75 Å². The summed E-state index contributed by atoms with van der Waals surface area (Å²) < 4.78 is 7.52. The van der Waals surface area contributed by atoms with Crippen LogP contribution in [0.5, 0.6) is 5.75 Å². The van der Waals surface area contributed by atoms with Crippen LogP contribution in [0.1, 0.15) is 18.1 Å². The lowest BCUT2D eigenvalue weighted by molar-refractivity contribution is 0.408. The van der Waals surface area contributed by atoms with Gasteiger partial charge in [-0.3, -0.25) is 0 Å². The maximum absolute atomic E-state index is 5.80. The van der Waals surface area contributed by atoms with Gasteiger partial charge in [-0.25, -0.2) is 0 Å². The molecule has 0 amide bonds. The molecular formula is C15H20N2O. The second-order valence-corrected chi connectivity index (χ2v) is 4.69. The third-order valence-electron chi connectivity index (χ3n) is 2.91. The first-order chi connectivity index (χ1) is 8.69. The fraction of sp³-hybridized carbons (Fsp3) is 0.333. The molecule has 0 saturated heterocycles. The van der Waals surface area contributed by atoms with E-state index in [-0.39, 0.29) is 6.04 Å². The molecular weight excluding hydrogens is 224 g/mol. The maximum Gasteiger partial charge on any atom is 0.123 e. The minimum atomic E-state index is 0.201. The third-order valence-corrected chi connectivity index (χ3v) is 2.91. The summed E-state index contributed by atoms with van der Waals surface area (Å²) in [5.74, 6) is 0.931. The molecule has 1 aromatic carbocycles. The van der Waals surface area contributed by atoms with E-state index in [1.54, 1.807) is 7.11 Å². The zero-order valence-corrected chi connectivity index (χ0v) is 11.0. The molecule has 0 radical (unpaired) electrons. The summed E-state index contributed by atoms with van der Waals surface area (Å²) in [5, 5.41) is 0. The highest BCUT2D eigenvalue weighted by Gasteiger charge is 2.04. The van der Waals surface area contributed by atoms with Crippen molar-refractivity contribution in [1.82, 2.24) is 4.57 Å². The Balaban J connectivity index is 2.11. The molecule has 0 aliphatic rings. The molecule has 3 nitrogen and oxygen atoms in total. The minimum Gasteiger partial charge on any atom is -0.496 e. The molecule has 96 valence electrons. The average Bonchev–Trinajstić information content (AvgIpc) is 2.76. The third kappa shape index (κ3) is 3.14. The van der Waals surface area contributed by atoms with Crippen LogP contribution in [-0.2, 0) is 13.0 Å². The summed E-state index contributed by atoms with van der Waals surface area (Å²) in [5.41, 5.74) is 8.26. The molecule has 2 aromatic rings. The van der Waals surface area contributed by atoms with Crippen molar-refractivity contribution in [3.05, 3.63) is 53.9 Å². The van der Waals surface area contributed by atoms with Crippen LogP contribution in [-0.4, -0.2) is 17.7 Å². The van der Waals surface area contributed by atoms with Gasteiger partial charge in [0.15, 0.2) is 0 Å². The van der Waals surface area contributed by atoms with Crippen LogP contribution in [0.3, 0.4) is 0 Å². The Morgan fingerprint density at radius 1 is 1.28 bits per heavy atom. The van der Waals surface area contributed by atoms with Crippen molar-refractivity contribution < 1.29 is 4.74 Å². The van der Waals surface area contributed by atoms with E-state index in [1.807, 2.05) is 25.1 Å². The van der Waals surface area contributed by atoms with Gasteiger partial charge in [0.25, 0.3) is 0 Å². The van der Waals surface area contributed by atoms with Gasteiger partial charge in [0.2, 0.25) is 0 Å². The second-order valence-electron chi connectivity index (χ2n) is 4.69. The zero-order chi connectivity index (χ0) is 13.0. The van der Waals surface area contributed by atoms with Gasteiger partial charge in [-0.05, 0) is 31.0 Å². The molecule has 2 rings (SSSR count). The first-order valence-electron chi connectivity index (χ1n) is 6.21. The van der Waals surface area contributed by atoms with E-state index in [4.69, 9.17) is 10.5 Å². The van der Waals surface area contributed by atoms with Gasteiger partial charge in [-0.1, -0.05) is 18.2 Å². The molecule has 0 aliphatic heterocycles. The highest BCUT2D eigenvalue weighted by Crippen LogP contribution is 2.19. The predicted octanol–water partition coefficient (Wildman–Crippen LogP) is 2.43. The van der Waals surface area contributed by atoms with E-state index in [0.717, 1.165) is 18.7 Å². The summed E-state index contributed by atoms with van der Waals surface area (Å²) in [7, 11) is 1.70. The maximum atomic E-state index is 5.80. The number of hydrogen-bond acceptors (Lipinski definition) is 2. The summed E-state index contributed by atoms with van der Waals surface area (Å²) >= 11 is 0. The molecule has 1 unspecified atom stereocenters. The number of para-hydroxylation sites is 1. The fourth-order valence-corrected chi connectivity index (χ4v) is 2.11. The zero-order valence-electron chi connectivity index (χ0n) is 11.0. The number of nitrogens with two attached hydrogens (primary N) is 1. The Morgan fingerprint density at radius 3 is 2.78 bits per heavy atom. The normalized spacial score (nSPS) is 12.4. The number of hydrogen-bond donors (Lipinski definition) is 1. The van der Waals surface area contributed by atoms with Crippen molar-refractivity contribution in [2.45, 2.75) is 25.9 Å². The summed E-state index contributed by atoms with van der Waals surface area (Å²) in [6.45, 7) is 2.85. The van der Waals surface area contributed by atoms with E-state index in [0.29, 0.717) is 0 Å². The predicted molar refractivity (Wildman–Crippen MR) is 73.9 cm³/mol. The van der Waals surface area contributed by atoms with Crippen molar-refractivity contribution in [2.75, 3.05) is 7.11 Å². The largest absolute Gasteiger partial charge is 0.496 e. The number of ether oxygens (including phenoxy) is 1. The summed E-state index contributed by atoms with van der Waals surface area (Å²) in [6, 6.07) is 10.4. The second kappa shape index (κ2) is 5.74. The molecule has 0 aliphatic carbocycles. The Bertz CT molecular complexity index is 503. The number of nitrogens with zero attached hydrogens (tertiary/aromatic N) is 1. The molecule has 2 N–H and O–H groups in total. The monoisotopic (exact) mass is 244 g/mol. The van der Waals surface area contributed by atoms with E-state index in [2.05, 4.69) is 29.1 Å². The molecule has 3 heteroatoms. The smallest absolute Gasteiger partial charge is 0.123 e. The van der Waals surface area contributed by atoms with Crippen LogP contribution in [0.15, 0.2) is 42.7 Å². The van der Waals surface area contributed by atoms with Gasteiger partial charge in [-0.15, -0.1) is 0 Å². The van der Waals surface area contributed by atoms with Crippen molar-refractivity contribution >= 4 is 0 Å². The lowest BCUT2D eigenvalue weighted by Crippen LogP contribution is -2.17. The van der Waals surface area contributed by atoms with Crippen LogP contribution in [0.4, 0.5) is 0 Å². The van der Waals surface area contributed by atoms with E-state index >= 15 is 0 Å². The topological polar surface area (TPSA) is 40.2 Å². The lowest BCUT2D eigenvalue weighted by Gasteiger charge is -2.09. The molecule has 1 aromatic heterocycles. The molecule has 0 saturated carbocycles. The van der Waals surface area contributed by atoms with Crippen molar-refractivity contribution in [3.63, 3.8) is 0 Å². The number of rotatable bonds is 5. The van der Waals surface area contributed by atoms with Crippen molar-refractivity contribution in [2.24, 2.45) is 5.73 Å². The standard InChI is InChI=1S/C15H20N2O/c1-12(16)9-13-7-8-17(10-13)11-14-5-3-4-6-15(14)18-2/h3-8,10,12H,9,11,16H2,1-2H3. The van der Waals surface area contributed by atoms with E-state index < -0.39 is 0 Å². The van der Waals surface area contributed by atoms with Crippen LogP contribution >= 0.6 is 0 Å². The van der Waals surface area contributed by atoms with Gasteiger partial charge in [0.05, 0.1) is 13.7 Å². The average molecular weight is 244 g/mol. The van der Waals surface area contributed by atoms with Gasteiger partial charge in [0.1, 0.15) is 5.75 Å². The molecule has 0 fully saturated rings. The van der Waals surface area contributed by atoms with Crippen LogP contribution in [0, 0.1) is 0 Å². The number of benzene rings is 1. The quantitative estimate of drug-likeness (QED) is 0.877. The SMILES string of the molecule is COc1ccccc1Cn1ccc(CC(C)N)c1. The lowest BCUT2D eigenvalue weighted by atomic mass is 10.1. The first kappa shape index (κ1) is 12.7. The molecule has 1 atom stereocenters. The molecule has 18 heavy (non-hydrogen) atoms. The van der Waals surface area contributed by atoms with Gasteiger partial charge in [-0.2, -0.15) is 0 Å². The van der Waals surface area contributed by atoms with Gasteiger partial charge < -0.3 is 15.0 Å². The van der Waals surface area contributed by atoms with Crippen molar-refractivity contribution in [1.29, 1.82) is 0 Å². The fourth-order valence-electron chi connectivity index (χ4n) is 2.11. The summed E-state index contributed by atoms with van der Waals surface area (Å²) in [4.78, 5) is 0. The summed E-state index contributed by atoms with van der Waals surface area (Å²) in [6.07, 6.45) is 5.15. The van der Waals surface area contributed by atoms with E-state index in [1.165, 1.54) is 11.1 Å². The Morgan fingerprint density at radius 2 is 2.06 bits per heavy atom. The first-order valence-corrected chi connectivity index (χ1v) is 6.21. The Hall–Kier alpha value is -1.74. The van der Waals surface area contributed by atoms with Gasteiger partial charge >= 0.3 is 0 Å². The van der Waals surface area contributed by atoms with Crippen LogP contribution in [0.2, 0.25) is 0 Å².